The van der Waals surface area contributed by atoms with Crippen LogP contribution in [0.25, 0.3) is 0 Å². The number of urea groups is 1. The normalized spacial score (nSPS) is 28.2. The van der Waals surface area contributed by atoms with Gasteiger partial charge in [0.1, 0.15) is 0 Å². The number of hydrogen-bond acceptors (Lipinski definition) is 5. The number of carbonyl (C=O) groups is 1. The molecule has 0 bridgehead atoms. The first-order valence-electron chi connectivity index (χ1n) is 8.47. The standard InChI is InChI=1S/C17H24N6O/c18-10-13-15(22-23-16(13)19)6-3-9-20-17(24)21-14-8-7-11-4-1-2-5-12(11)14/h1-2,4-5,13-16,22-23H,3,6-9,19H2,(H2,20,21,24). The summed E-state index contributed by atoms with van der Waals surface area (Å²) in [7, 11) is 0. The lowest BCUT2D eigenvalue weighted by Crippen LogP contribution is -2.39. The quantitative estimate of drug-likeness (QED) is 0.509. The molecule has 7 nitrogen and oxygen atoms in total. The molecule has 24 heavy (non-hydrogen) atoms. The maximum Gasteiger partial charge on any atom is 0.315 e. The first-order valence-corrected chi connectivity index (χ1v) is 8.47. The van der Waals surface area contributed by atoms with Gasteiger partial charge in [0.25, 0.3) is 0 Å². The fourth-order valence-electron chi connectivity index (χ4n) is 3.50. The van der Waals surface area contributed by atoms with Crippen LogP contribution in [0.5, 0.6) is 0 Å². The zero-order valence-electron chi connectivity index (χ0n) is 13.6. The van der Waals surface area contributed by atoms with E-state index in [0.717, 1.165) is 25.7 Å². The predicted octanol–water partition coefficient (Wildman–Crippen LogP) is 0.654. The number of nitriles is 1. The number of rotatable bonds is 5. The summed E-state index contributed by atoms with van der Waals surface area (Å²) in [4.78, 5) is 12.1. The molecule has 1 aromatic carbocycles. The smallest absolute Gasteiger partial charge is 0.315 e. The molecule has 1 fully saturated rings. The molecule has 0 saturated carbocycles. The van der Waals surface area contributed by atoms with Crippen molar-refractivity contribution in [1.29, 1.82) is 5.26 Å². The van der Waals surface area contributed by atoms with Gasteiger partial charge in [0, 0.05) is 12.6 Å². The summed E-state index contributed by atoms with van der Waals surface area (Å²) in [6.45, 7) is 0.575. The Morgan fingerprint density at radius 3 is 3.04 bits per heavy atom. The van der Waals surface area contributed by atoms with Crippen LogP contribution in [0.3, 0.4) is 0 Å². The molecule has 0 spiro atoms. The molecule has 4 unspecified atom stereocenters. The predicted molar refractivity (Wildman–Crippen MR) is 90.4 cm³/mol. The molecule has 1 heterocycles. The lowest BCUT2D eigenvalue weighted by molar-refractivity contribution is 0.236. The second-order valence-electron chi connectivity index (χ2n) is 6.41. The average molecular weight is 328 g/mol. The minimum Gasteiger partial charge on any atom is -0.338 e. The van der Waals surface area contributed by atoms with Crippen molar-refractivity contribution >= 4 is 6.03 Å². The molecule has 1 aliphatic heterocycles. The number of fused-ring (bicyclic) bond motifs is 1. The van der Waals surface area contributed by atoms with E-state index in [1.54, 1.807) is 0 Å². The molecule has 2 amide bonds. The van der Waals surface area contributed by atoms with E-state index < -0.39 is 0 Å². The highest BCUT2D eigenvalue weighted by Crippen LogP contribution is 2.30. The van der Waals surface area contributed by atoms with Gasteiger partial charge in [-0.3, -0.25) is 5.43 Å². The minimum absolute atomic E-state index is 0.0246. The van der Waals surface area contributed by atoms with Crippen LogP contribution in [0.2, 0.25) is 0 Å². The number of hydrazine groups is 1. The van der Waals surface area contributed by atoms with Crippen molar-refractivity contribution in [1.82, 2.24) is 21.5 Å². The Bertz CT molecular complexity index is 628. The van der Waals surface area contributed by atoms with Crippen molar-refractivity contribution in [2.24, 2.45) is 11.7 Å². The third kappa shape index (κ3) is 3.67. The van der Waals surface area contributed by atoms with E-state index in [-0.39, 0.29) is 30.2 Å². The first-order chi connectivity index (χ1) is 11.7. The van der Waals surface area contributed by atoms with Crippen LogP contribution in [-0.4, -0.2) is 24.8 Å². The van der Waals surface area contributed by atoms with Gasteiger partial charge in [-0.15, -0.1) is 0 Å². The topological polar surface area (TPSA) is 115 Å². The van der Waals surface area contributed by atoms with Crippen molar-refractivity contribution in [2.75, 3.05) is 6.54 Å². The summed E-state index contributed by atoms with van der Waals surface area (Å²) in [5.41, 5.74) is 14.3. The number of hydrogen-bond donors (Lipinski definition) is 5. The third-order valence-corrected chi connectivity index (χ3v) is 4.82. The van der Waals surface area contributed by atoms with E-state index in [4.69, 9.17) is 11.0 Å². The van der Waals surface area contributed by atoms with Crippen LogP contribution < -0.4 is 27.2 Å². The molecule has 2 aliphatic rings. The Kier molecular flexibility index (Phi) is 5.30. The van der Waals surface area contributed by atoms with E-state index in [1.807, 2.05) is 12.1 Å². The van der Waals surface area contributed by atoms with Crippen LogP contribution >= 0.6 is 0 Å². The van der Waals surface area contributed by atoms with Crippen LogP contribution in [0, 0.1) is 17.2 Å². The summed E-state index contributed by atoms with van der Waals surface area (Å²) >= 11 is 0. The van der Waals surface area contributed by atoms with Crippen molar-refractivity contribution < 1.29 is 4.79 Å². The summed E-state index contributed by atoms with van der Waals surface area (Å²) in [6, 6.07) is 10.5. The number of benzene rings is 1. The van der Waals surface area contributed by atoms with Crippen molar-refractivity contribution in [3.05, 3.63) is 35.4 Å². The number of nitrogens with zero attached hydrogens (tertiary/aromatic N) is 1. The van der Waals surface area contributed by atoms with Crippen LogP contribution in [0.1, 0.15) is 36.4 Å². The SMILES string of the molecule is N#CC1C(N)NNC1CCCNC(=O)NC1CCc2ccccc21. The molecule has 7 heteroatoms. The highest BCUT2D eigenvalue weighted by molar-refractivity contribution is 5.74. The maximum atomic E-state index is 12.1. The fourth-order valence-corrected chi connectivity index (χ4v) is 3.50. The van der Waals surface area contributed by atoms with E-state index in [9.17, 15) is 4.79 Å². The van der Waals surface area contributed by atoms with E-state index >= 15 is 0 Å². The van der Waals surface area contributed by atoms with E-state index in [0.29, 0.717) is 6.54 Å². The Morgan fingerprint density at radius 1 is 1.38 bits per heavy atom. The van der Waals surface area contributed by atoms with Gasteiger partial charge < -0.3 is 16.4 Å². The summed E-state index contributed by atoms with van der Waals surface area (Å²) < 4.78 is 0. The molecule has 0 aromatic heterocycles. The second-order valence-corrected chi connectivity index (χ2v) is 6.41. The summed E-state index contributed by atoms with van der Waals surface area (Å²) in [6.07, 6.45) is 3.20. The van der Waals surface area contributed by atoms with Crippen molar-refractivity contribution in [3.8, 4) is 6.07 Å². The maximum absolute atomic E-state index is 12.1. The van der Waals surface area contributed by atoms with Gasteiger partial charge in [0.15, 0.2) is 0 Å². The number of amides is 2. The number of nitrogens with two attached hydrogens (primary N) is 1. The van der Waals surface area contributed by atoms with Crippen LogP contribution in [0.15, 0.2) is 24.3 Å². The van der Waals surface area contributed by atoms with Crippen LogP contribution in [0.4, 0.5) is 4.79 Å². The van der Waals surface area contributed by atoms with Gasteiger partial charge in [0.2, 0.25) is 0 Å². The monoisotopic (exact) mass is 328 g/mol. The minimum atomic E-state index is -0.335. The summed E-state index contributed by atoms with van der Waals surface area (Å²) in [5, 5.41) is 15.0. The second kappa shape index (κ2) is 7.62. The number of carbonyl (C=O) groups excluding carboxylic acids is 1. The van der Waals surface area contributed by atoms with E-state index in [1.165, 1.54) is 11.1 Å². The molecule has 3 rings (SSSR count). The van der Waals surface area contributed by atoms with Gasteiger partial charge >= 0.3 is 6.03 Å². The number of nitrogens with one attached hydrogen (secondary N) is 4. The molecule has 128 valence electrons. The molecule has 1 aliphatic carbocycles. The van der Waals surface area contributed by atoms with Gasteiger partial charge in [-0.2, -0.15) is 5.26 Å². The Labute approximate surface area is 141 Å². The fraction of sp³-hybridized carbons (Fsp3) is 0.529. The zero-order valence-corrected chi connectivity index (χ0v) is 13.6. The third-order valence-electron chi connectivity index (χ3n) is 4.82. The first kappa shape index (κ1) is 16.7. The van der Waals surface area contributed by atoms with Gasteiger partial charge in [-0.05, 0) is 36.8 Å². The Morgan fingerprint density at radius 2 is 2.21 bits per heavy atom. The molecule has 1 saturated heterocycles. The highest BCUT2D eigenvalue weighted by atomic mass is 16.2. The highest BCUT2D eigenvalue weighted by Gasteiger charge is 2.32. The molecular weight excluding hydrogens is 304 g/mol. The Hall–Kier alpha value is -2.14. The largest absolute Gasteiger partial charge is 0.338 e. The van der Waals surface area contributed by atoms with E-state index in [2.05, 4.69) is 39.7 Å². The molecule has 1 aromatic rings. The lowest BCUT2D eigenvalue weighted by Gasteiger charge is -2.16. The van der Waals surface area contributed by atoms with Crippen molar-refractivity contribution in [3.63, 3.8) is 0 Å². The average Bonchev–Trinajstić information content (AvgIpc) is 3.15. The van der Waals surface area contributed by atoms with Gasteiger partial charge in [-0.1, -0.05) is 24.3 Å². The van der Waals surface area contributed by atoms with Crippen LogP contribution in [-0.2, 0) is 6.42 Å². The molecule has 4 atom stereocenters. The van der Waals surface area contributed by atoms with Crippen molar-refractivity contribution in [2.45, 2.75) is 43.9 Å². The molecule has 0 radical (unpaired) electrons. The van der Waals surface area contributed by atoms with Gasteiger partial charge in [0.05, 0.1) is 24.2 Å². The zero-order chi connectivity index (χ0) is 16.9. The Balaban J connectivity index is 1.37. The number of aryl methyl sites for hydroxylation is 1. The summed E-state index contributed by atoms with van der Waals surface area (Å²) in [5.74, 6) is -0.242. The molecule has 6 N–H and O–H groups in total. The van der Waals surface area contributed by atoms with Gasteiger partial charge in [-0.25, -0.2) is 10.2 Å². The lowest BCUT2D eigenvalue weighted by atomic mass is 9.97. The molecular formula is C17H24N6O.